The van der Waals surface area contributed by atoms with Gasteiger partial charge >= 0.3 is 6.09 Å². The minimum atomic E-state index is -0.440. The topological polar surface area (TPSA) is 45.2 Å². The molecule has 2 fully saturated rings. The molecule has 3 aliphatic rings. The predicted octanol–water partition coefficient (Wildman–Crippen LogP) is 6.52. The summed E-state index contributed by atoms with van der Waals surface area (Å²) in [5.41, 5.74) is 4.70. The summed E-state index contributed by atoms with van der Waals surface area (Å²) in [6.07, 6.45) is 13.5. The largest absolute Gasteiger partial charge is 0.444 e. The van der Waals surface area contributed by atoms with E-state index in [-0.39, 0.29) is 12.4 Å². The highest BCUT2D eigenvalue weighted by molar-refractivity contribution is 5.88. The molecule has 2 aromatic carbocycles. The Balaban J connectivity index is 1.25. The third-order valence-electron chi connectivity index (χ3n) is 8.21. The molecule has 218 valence electrons. The second-order valence-corrected chi connectivity index (χ2v) is 11.1. The average molecular weight is 560 g/mol. The number of likely N-dealkylation sites (tertiary alicyclic amines) is 1. The Labute approximate surface area is 243 Å². The number of halogens is 1. The molecule has 0 N–H and O–H groups in total. The molecule has 1 amide bonds. The Morgan fingerprint density at radius 2 is 1.78 bits per heavy atom. The lowest BCUT2D eigenvalue weighted by Gasteiger charge is -2.35. The van der Waals surface area contributed by atoms with Gasteiger partial charge in [0.05, 0.1) is 24.6 Å². The second-order valence-electron chi connectivity index (χ2n) is 11.1. The molecule has 2 saturated heterocycles. The number of piperidine rings is 1. The van der Waals surface area contributed by atoms with E-state index in [4.69, 9.17) is 9.47 Å². The number of anilines is 2. The first-order chi connectivity index (χ1) is 20.1. The van der Waals surface area contributed by atoms with Crippen LogP contribution in [0.2, 0.25) is 0 Å². The molecule has 0 bridgehead atoms. The number of rotatable bonds is 9. The monoisotopic (exact) mass is 559 g/mol. The lowest BCUT2D eigenvalue weighted by atomic mass is 9.95. The van der Waals surface area contributed by atoms with Gasteiger partial charge in [-0.15, -0.1) is 0 Å². The molecule has 2 aromatic rings. The number of hydrogen-bond donors (Lipinski definition) is 0. The van der Waals surface area contributed by atoms with Crippen molar-refractivity contribution in [1.82, 2.24) is 4.90 Å². The number of aryl methyl sites for hydroxylation is 1. The lowest BCUT2D eigenvalue weighted by molar-refractivity contribution is 0.122. The standard InChI is InChI=1S/C34H42FN3O3/c1-2-27-9-11-28(12-10-27)24-36-17-15-29(16-18-36)25-38(34(39)41-26-30-7-5-3-4-6-8-30)31-13-14-33(32(35)23-31)37-19-21-40-22-20-37/h3,5-14,23,29H,2,4,15-22,24-26H2,1H3. The van der Waals surface area contributed by atoms with E-state index in [1.54, 1.807) is 11.0 Å². The normalized spacial score (nSPS) is 18.2. The van der Waals surface area contributed by atoms with Gasteiger partial charge in [-0.25, -0.2) is 9.18 Å². The van der Waals surface area contributed by atoms with Crippen molar-refractivity contribution in [2.24, 2.45) is 5.92 Å². The quantitative estimate of drug-likeness (QED) is 0.350. The summed E-state index contributed by atoms with van der Waals surface area (Å²) in [5.74, 6) is -0.0196. The van der Waals surface area contributed by atoms with Crippen molar-refractivity contribution < 1.29 is 18.7 Å². The van der Waals surface area contributed by atoms with Crippen LogP contribution in [0.3, 0.4) is 0 Å². The van der Waals surface area contributed by atoms with E-state index in [2.05, 4.69) is 42.2 Å². The number of ether oxygens (including phenoxy) is 2. The van der Waals surface area contributed by atoms with Crippen molar-refractivity contribution in [2.75, 3.05) is 62.3 Å². The highest BCUT2D eigenvalue weighted by Gasteiger charge is 2.27. The molecule has 7 heteroatoms. The fraction of sp³-hybridized carbons (Fsp3) is 0.441. The van der Waals surface area contributed by atoms with Gasteiger partial charge in [0, 0.05) is 26.2 Å². The number of carbonyl (C=O) groups is 1. The van der Waals surface area contributed by atoms with Crippen LogP contribution in [-0.2, 0) is 22.4 Å². The first-order valence-electron chi connectivity index (χ1n) is 15.0. The number of nitrogens with zero attached hydrogens (tertiary/aromatic N) is 3. The van der Waals surface area contributed by atoms with Crippen molar-refractivity contribution >= 4 is 17.5 Å². The van der Waals surface area contributed by atoms with E-state index in [1.807, 2.05) is 35.3 Å². The Morgan fingerprint density at radius 3 is 2.51 bits per heavy atom. The molecule has 0 radical (unpaired) electrons. The molecular weight excluding hydrogens is 517 g/mol. The maximum absolute atomic E-state index is 15.4. The third kappa shape index (κ3) is 8.08. The Hall–Kier alpha value is -3.42. The van der Waals surface area contributed by atoms with Gasteiger partial charge in [-0.1, -0.05) is 61.6 Å². The number of carbonyl (C=O) groups excluding carboxylic acids is 1. The van der Waals surface area contributed by atoms with Gasteiger partial charge in [-0.2, -0.15) is 0 Å². The van der Waals surface area contributed by atoms with Crippen LogP contribution in [0.4, 0.5) is 20.6 Å². The number of allylic oxidation sites excluding steroid dienone is 4. The van der Waals surface area contributed by atoms with Gasteiger partial charge in [0.1, 0.15) is 12.4 Å². The highest BCUT2D eigenvalue weighted by Crippen LogP contribution is 2.29. The van der Waals surface area contributed by atoms with Crippen LogP contribution >= 0.6 is 0 Å². The van der Waals surface area contributed by atoms with Crippen LogP contribution in [-0.4, -0.2) is 63.5 Å². The molecule has 0 unspecified atom stereocenters. The molecular formula is C34H42FN3O3. The first-order valence-corrected chi connectivity index (χ1v) is 15.0. The predicted molar refractivity (Wildman–Crippen MR) is 163 cm³/mol. The Bertz CT molecular complexity index is 1240. The fourth-order valence-corrected chi connectivity index (χ4v) is 5.68. The van der Waals surface area contributed by atoms with E-state index in [0.29, 0.717) is 50.1 Å². The lowest BCUT2D eigenvalue weighted by Crippen LogP contribution is -2.41. The summed E-state index contributed by atoms with van der Waals surface area (Å²) in [6, 6.07) is 14.0. The zero-order valence-electron chi connectivity index (χ0n) is 24.1. The smallest absolute Gasteiger partial charge is 0.414 e. The number of morpholine rings is 1. The van der Waals surface area contributed by atoms with Gasteiger partial charge in [-0.05, 0) is 79.6 Å². The fourth-order valence-electron chi connectivity index (χ4n) is 5.68. The van der Waals surface area contributed by atoms with Crippen LogP contribution in [0.5, 0.6) is 0 Å². The molecule has 1 aliphatic carbocycles. The second kappa shape index (κ2) is 14.5. The Kier molecular flexibility index (Phi) is 10.3. The summed E-state index contributed by atoms with van der Waals surface area (Å²) in [7, 11) is 0. The number of benzene rings is 2. The van der Waals surface area contributed by atoms with Gasteiger partial charge in [0.25, 0.3) is 0 Å². The third-order valence-corrected chi connectivity index (χ3v) is 8.21. The molecule has 5 rings (SSSR count). The summed E-state index contributed by atoms with van der Waals surface area (Å²) >= 11 is 0. The molecule has 41 heavy (non-hydrogen) atoms. The van der Waals surface area contributed by atoms with E-state index >= 15 is 4.39 Å². The van der Waals surface area contributed by atoms with Crippen molar-refractivity contribution in [1.29, 1.82) is 0 Å². The van der Waals surface area contributed by atoms with Gasteiger partial charge in [-0.3, -0.25) is 9.80 Å². The van der Waals surface area contributed by atoms with Crippen molar-refractivity contribution in [3.8, 4) is 0 Å². The first kappa shape index (κ1) is 29.1. The van der Waals surface area contributed by atoms with Crippen molar-refractivity contribution in [3.63, 3.8) is 0 Å². The SMILES string of the molecule is CCc1ccc(CN2CCC(CN(C(=O)OCC3=CC=CCC=C3)c3ccc(N4CCOCC4)c(F)c3)CC2)cc1. The number of amides is 1. The summed E-state index contributed by atoms with van der Waals surface area (Å²) in [5, 5.41) is 0. The maximum Gasteiger partial charge on any atom is 0.414 e. The highest BCUT2D eigenvalue weighted by atomic mass is 19.1. The summed E-state index contributed by atoms with van der Waals surface area (Å²) in [6.45, 7) is 8.21. The molecule has 6 nitrogen and oxygen atoms in total. The van der Waals surface area contributed by atoms with Gasteiger partial charge in [0.2, 0.25) is 0 Å². The van der Waals surface area contributed by atoms with Gasteiger partial charge in [0.15, 0.2) is 0 Å². The maximum atomic E-state index is 15.4. The zero-order valence-corrected chi connectivity index (χ0v) is 24.1. The van der Waals surface area contributed by atoms with Gasteiger partial charge < -0.3 is 14.4 Å². The zero-order chi connectivity index (χ0) is 28.4. The molecule has 0 spiro atoms. The summed E-state index contributed by atoms with van der Waals surface area (Å²) in [4.78, 5) is 19.6. The number of hydrogen-bond acceptors (Lipinski definition) is 5. The molecule has 2 aliphatic heterocycles. The van der Waals surface area contributed by atoms with Crippen molar-refractivity contribution in [3.05, 3.63) is 95.4 Å². The molecule has 2 heterocycles. The van der Waals surface area contributed by atoms with Crippen LogP contribution in [0.25, 0.3) is 0 Å². The van der Waals surface area contributed by atoms with E-state index in [9.17, 15) is 4.79 Å². The van der Waals surface area contributed by atoms with Crippen LogP contribution in [0.15, 0.2) is 78.4 Å². The average Bonchev–Trinajstić information content (AvgIpc) is 3.29. The van der Waals surface area contributed by atoms with Crippen molar-refractivity contribution in [2.45, 2.75) is 39.2 Å². The van der Waals surface area contributed by atoms with Crippen LogP contribution in [0.1, 0.15) is 37.3 Å². The minimum absolute atomic E-state index is 0.180. The Morgan fingerprint density at radius 1 is 1.02 bits per heavy atom. The summed E-state index contributed by atoms with van der Waals surface area (Å²) < 4.78 is 26.6. The van der Waals surface area contributed by atoms with Crippen LogP contribution in [0, 0.1) is 11.7 Å². The van der Waals surface area contributed by atoms with E-state index in [1.165, 1.54) is 17.2 Å². The van der Waals surface area contributed by atoms with Crippen LogP contribution < -0.4 is 9.80 Å². The molecule has 0 atom stereocenters. The minimum Gasteiger partial charge on any atom is -0.444 e. The molecule has 0 saturated carbocycles. The van der Waals surface area contributed by atoms with E-state index < -0.39 is 6.09 Å². The van der Waals surface area contributed by atoms with E-state index in [0.717, 1.165) is 50.9 Å². The molecule has 0 aromatic heterocycles.